The minimum Gasteiger partial charge on any atom is -0.390 e. The van der Waals surface area contributed by atoms with Crippen LogP contribution in [0.3, 0.4) is 0 Å². The summed E-state index contributed by atoms with van der Waals surface area (Å²) in [6.07, 6.45) is 6.48. The Labute approximate surface area is 144 Å². The molecule has 24 heavy (non-hydrogen) atoms. The molecule has 1 saturated carbocycles. The fourth-order valence-electron chi connectivity index (χ4n) is 4.78. The van der Waals surface area contributed by atoms with Crippen molar-refractivity contribution in [1.82, 2.24) is 15.1 Å². The molecule has 0 spiro atoms. The second-order valence-electron chi connectivity index (χ2n) is 8.47. The first kappa shape index (κ1) is 17.7. The Hall–Kier alpha value is -1.14. The van der Waals surface area contributed by atoms with E-state index in [1.54, 1.807) is 13.8 Å². The molecule has 3 amide bonds. The van der Waals surface area contributed by atoms with Crippen LogP contribution in [-0.4, -0.2) is 63.7 Å². The van der Waals surface area contributed by atoms with Crippen LogP contribution in [0.15, 0.2) is 0 Å². The molecule has 0 aromatic carbocycles. The van der Waals surface area contributed by atoms with Gasteiger partial charge in [0.2, 0.25) is 0 Å². The van der Waals surface area contributed by atoms with Crippen molar-refractivity contribution >= 4 is 11.9 Å². The van der Waals surface area contributed by atoms with Crippen molar-refractivity contribution in [3.8, 4) is 0 Å². The van der Waals surface area contributed by atoms with Crippen LogP contribution in [-0.2, 0) is 4.79 Å². The number of hydrogen-bond acceptors (Lipinski definition) is 4. The molecule has 2 saturated heterocycles. The molecule has 3 rings (SSSR count). The van der Waals surface area contributed by atoms with E-state index in [-0.39, 0.29) is 11.9 Å². The van der Waals surface area contributed by atoms with Crippen LogP contribution in [0.5, 0.6) is 0 Å². The summed E-state index contributed by atoms with van der Waals surface area (Å²) in [6.45, 7) is 7.58. The molecule has 0 bridgehead atoms. The number of likely N-dealkylation sites (tertiary alicyclic amines) is 1. The van der Waals surface area contributed by atoms with Crippen LogP contribution >= 0.6 is 0 Å². The van der Waals surface area contributed by atoms with Gasteiger partial charge in [-0.25, -0.2) is 4.79 Å². The van der Waals surface area contributed by atoms with Gasteiger partial charge in [0.15, 0.2) is 0 Å². The average molecular weight is 337 g/mol. The monoisotopic (exact) mass is 337 g/mol. The third kappa shape index (κ3) is 3.18. The molecule has 3 aliphatic rings. The number of imide groups is 1. The number of hydrogen-bond donors (Lipinski definition) is 2. The van der Waals surface area contributed by atoms with Gasteiger partial charge in [-0.3, -0.25) is 14.6 Å². The maximum atomic E-state index is 12.3. The van der Waals surface area contributed by atoms with E-state index in [9.17, 15) is 14.7 Å². The van der Waals surface area contributed by atoms with Gasteiger partial charge in [0, 0.05) is 25.0 Å². The summed E-state index contributed by atoms with van der Waals surface area (Å²) in [5, 5.41) is 13.5. The average Bonchev–Trinajstić information content (AvgIpc) is 3.01. The van der Waals surface area contributed by atoms with Crippen LogP contribution in [0.1, 0.15) is 59.3 Å². The van der Waals surface area contributed by atoms with E-state index >= 15 is 0 Å². The number of nitrogens with zero attached hydrogens (tertiary/aromatic N) is 2. The number of aliphatic hydroxyl groups is 1. The SMILES string of the molecule is CC1(C)NC(=O)N(CCN2CCC[C@@H]2[C@@H]2CCCC[C@]2(C)O)C1=O. The summed E-state index contributed by atoms with van der Waals surface area (Å²) in [6, 6.07) is 0.0829. The van der Waals surface area contributed by atoms with Gasteiger partial charge in [0.05, 0.1) is 5.60 Å². The van der Waals surface area contributed by atoms with Crippen LogP contribution in [0.25, 0.3) is 0 Å². The minimum absolute atomic E-state index is 0.145. The van der Waals surface area contributed by atoms with Gasteiger partial charge in [-0.1, -0.05) is 12.8 Å². The predicted molar refractivity (Wildman–Crippen MR) is 91.5 cm³/mol. The van der Waals surface area contributed by atoms with Gasteiger partial charge in [-0.15, -0.1) is 0 Å². The second kappa shape index (κ2) is 6.30. The molecule has 1 aliphatic carbocycles. The highest BCUT2D eigenvalue weighted by Gasteiger charge is 2.46. The molecule has 0 aromatic rings. The topological polar surface area (TPSA) is 72.9 Å². The summed E-state index contributed by atoms with van der Waals surface area (Å²) < 4.78 is 0. The van der Waals surface area contributed by atoms with Gasteiger partial charge >= 0.3 is 6.03 Å². The second-order valence-corrected chi connectivity index (χ2v) is 8.47. The molecule has 0 unspecified atom stereocenters. The van der Waals surface area contributed by atoms with E-state index in [2.05, 4.69) is 10.2 Å². The van der Waals surface area contributed by atoms with Crippen LogP contribution in [0.4, 0.5) is 4.79 Å². The molecule has 3 atom stereocenters. The van der Waals surface area contributed by atoms with Gasteiger partial charge in [0.1, 0.15) is 5.54 Å². The van der Waals surface area contributed by atoms with E-state index in [0.717, 1.165) is 38.6 Å². The Morgan fingerprint density at radius 3 is 2.50 bits per heavy atom. The minimum atomic E-state index is -0.797. The fourth-order valence-corrected chi connectivity index (χ4v) is 4.78. The fraction of sp³-hybridized carbons (Fsp3) is 0.889. The van der Waals surface area contributed by atoms with Crippen LogP contribution in [0.2, 0.25) is 0 Å². The van der Waals surface area contributed by atoms with E-state index in [4.69, 9.17) is 0 Å². The Kier molecular flexibility index (Phi) is 4.64. The molecule has 6 heteroatoms. The highest BCUT2D eigenvalue weighted by molar-refractivity contribution is 6.06. The largest absolute Gasteiger partial charge is 0.390 e. The summed E-state index contributed by atoms with van der Waals surface area (Å²) >= 11 is 0. The number of carbonyl (C=O) groups is 2. The zero-order chi connectivity index (χ0) is 17.5. The molecule has 3 fully saturated rings. The lowest BCUT2D eigenvalue weighted by atomic mass is 9.72. The number of nitrogens with one attached hydrogen (secondary N) is 1. The van der Waals surface area contributed by atoms with E-state index < -0.39 is 11.1 Å². The maximum absolute atomic E-state index is 12.3. The molecule has 2 heterocycles. The van der Waals surface area contributed by atoms with E-state index in [1.165, 1.54) is 11.3 Å². The van der Waals surface area contributed by atoms with Gasteiger partial charge in [0.25, 0.3) is 5.91 Å². The van der Waals surface area contributed by atoms with Crippen molar-refractivity contribution in [2.45, 2.75) is 76.5 Å². The van der Waals surface area contributed by atoms with Gasteiger partial charge < -0.3 is 10.4 Å². The predicted octanol–water partition coefficient (Wildman–Crippen LogP) is 1.72. The van der Waals surface area contributed by atoms with Crippen molar-refractivity contribution in [1.29, 1.82) is 0 Å². The highest BCUT2D eigenvalue weighted by atomic mass is 16.3. The first-order chi connectivity index (χ1) is 11.2. The molecule has 2 aliphatic heterocycles. The third-order valence-corrected chi connectivity index (χ3v) is 6.18. The lowest BCUT2D eigenvalue weighted by molar-refractivity contribution is -0.130. The Morgan fingerprint density at radius 2 is 1.88 bits per heavy atom. The summed E-state index contributed by atoms with van der Waals surface area (Å²) in [5.41, 5.74) is -1.39. The van der Waals surface area contributed by atoms with Crippen molar-refractivity contribution in [2.75, 3.05) is 19.6 Å². The third-order valence-electron chi connectivity index (χ3n) is 6.18. The van der Waals surface area contributed by atoms with Crippen molar-refractivity contribution in [2.24, 2.45) is 5.92 Å². The lowest BCUT2D eigenvalue weighted by Gasteiger charge is -2.43. The molecule has 6 nitrogen and oxygen atoms in total. The van der Waals surface area contributed by atoms with E-state index in [0.29, 0.717) is 25.0 Å². The van der Waals surface area contributed by atoms with Crippen LogP contribution < -0.4 is 5.32 Å². The zero-order valence-corrected chi connectivity index (χ0v) is 15.2. The highest BCUT2D eigenvalue weighted by Crippen LogP contribution is 2.40. The van der Waals surface area contributed by atoms with E-state index in [1.807, 2.05) is 6.92 Å². The summed E-state index contributed by atoms with van der Waals surface area (Å²) in [4.78, 5) is 28.1. The number of urea groups is 1. The molecular weight excluding hydrogens is 306 g/mol. The van der Waals surface area contributed by atoms with Crippen LogP contribution in [0, 0.1) is 5.92 Å². The molecule has 136 valence electrons. The van der Waals surface area contributed by atoms with Crippen molar-refractivity contribution in [3.63, 3.8) is 0 Å². The van der Waals surface area contributed by atoms with Gasteiger partial charge in [-0.05, 0) is 53.0 Å². The maximum Gasteiger partial charge on any atom is 0.325 e. The normalized spacial score (nSPS) is 37.1. The number of amides is 3. The lowest BCUT2D eigenvalue weighted by Crippen LogP contribution is -2.50. The first-order valence-electron chi connectivity index (χ1n) is 9.33. The standard InChI is InChI=1S/C18H31N3O3/c1-17(2)15(22)21(16(23)19-17)12-11-20-10-6-8-14(20)13-7-4-5-9-18(13,3)24/h13-14,24H,4-12H2,1-3H3,(H,19,23)/t13-,14+,18-/m0/s1. The number of rotatable bonds is 4. The Morgan fingerprint density at radius 1 is 1.12 bits per heavy atom. The molecular formula is C18H31N3O3. The summed E-state index contributed by atoms with van der Waals surface area (Å²) in [7, 11) is 0. The number of carbonyl (C=O) groups excluding carboxylic acids is 2. The Balaban J connectivity index is 1.63. The molecule has 0 aromatic heterocycles. The smallest absolute Gasteiger partial charge is 0.325 e. The van der Waals surface area contributed by atoms with Crippen molar-refractivity contribution in [3.05, 3.63) is 0 Å². The molecule has 2 N–H and O–H groups in total. The molecule has 0 radical (unpaired) electrons. The Bertz CT molecular complexity index is 518. The first-order valence-corrected chi connectivity index (χ1v) is 9.33. The summed E-state index contributed by atoms with van der Waals surface area (Å²) in [5.74, 6) is 0.154. The quantitative estimate of drug-likeness (QED) is 0.766. The zero-order valence-electron chi connectivity index (χ0n) is 15.2. The van der Waals surface area contributed by atoms with Crippen molar-refractivity contribution < 1.29 is 14.7 Å². The van der Waals surface area contributed by atoms with Gasteiger partial charge in [-0.2, -0.15) is 0 Å².